The molecule has 1 aromatic carbocycles. The monoisotopic (exact) mass is 434 g/mol. The average Bonchev–Trinajstić information content (AvgIpc) is 3.06. The van der Waals surface area contributed by atoms with Crippen LogP contribution in [0.3, 0.4) is 0 Å². The van der Waals surface area contributed by atoms with E-state index in [0.29, 0.717) is 30.5 Å². The number of carbonyl (C=O) groups excluding carboxylic acids is 1. The van der Waals surface area contributed by atoms with Crippen molar-refractivity contribution in [2.45, 2.75) is 75.8 Å². The summed E-state index contributed by atoms with van der Waals surface area (Å²) in [6.45, 7) is 4.31. The fourth-order valence-electron chi connectivity index (χ4n) is 5.68. The lowest BCUT2D eigenvalue weighted by atomic mass is 9.88. The Morgan fingerprint density at radius 1 is 1.16 bits per heavy atom. The van der Waals surface area contributed by atoms with Gasteiger partial charge >= 0.3 is 0 Å². The van der Waals surface area contributed by atoms with E-state index >= 15 is 0 Å². The number of piperidine rings is 1. The van der Waals surface area contributed by atoms with Gasteiger partial charge in [0.25, 0.3) is 5.91 Å². The number of carbonyl (C=O) groups is 1. The SMILES string of the molecule is CC[C@H]1CNC(=O)c2cc(F)cc3nc(C4CCN(C5CCC(F)(F)CC5)CC4)n1c23. The number of aromatic nitrogens is 2. The molecule has 31 heavy (non-hydrogen) atoms. The minimum Gasteiger partial charge on any atom is -0.350 e. The van der Waals surface area contributed by atoms with Crippen molar-refractivity contribution in [3.8, 4) is 0 Å². The topological polar surface area (TPSA) is 50.2 Å². The van der Waals surface area contributed by atoms with Gasteiger partial charge in [-0.3, -0.25) is 4.79 Å². The summed E-state index contributed by atoms with van der Waals surface area (Å²) in [5.41, 5.74) is 1.62. The second-order valence-electron chi connectivity index (χ2n) is 9.33. The molecule has 168 valence electrons. The van der Waals surface area contributed by atoms with E-state index < -0.39 is 11.7 Å². The predicted octanol–water partition coefficient (Wildman–Crippen LogP) is 4.63. The van der Waals surface area contributed by atoms with E-state index in [2.05, 4.69) is 21.7 Å². The maximum Gasteiger partial charge on any atom is 0.253 e. The van der Waals surface area contributed by atoms with Crippen LogP contribution in [0.15, 0.2) is 12.1 Å². The summed E-state index contributed by atoms with van der Waals surface area (Å²) in [5, 5.41) is 2.93. The molecule has 0 spiro atoms. The Balaban J connectivity index is 1.42. The van der Waals surface area contributed by atoms with Gasteiger partial charge < -0.3 is 14.8 Å². The molecule has 0 bridgehead atoms. The molecule has 1 atom stereocenters. The molecule has 1 amide bonds. The Morgan fingerprint density at radius 3 is 2.55 bits per heavy atom. The van der Waals surface area contributed by atoms with Gasteiger partial charge in [-0.2, -0.15) is 0 Å². The second kappa shape index (κ2) is 7.80. The molecule has 1 saturated heterocycles. The summed E-state index contributed by atoms with van der Waals surface area (Å²) in [6, 6.07) is 3.04. The van der Waals surface area contributed by atoms with Gasteiger partial charge in [-0.1, -0.05) is 6.92 Å². The van der Waals surface area contributed by atoms with Gasteiger partial charge in [0.05, 0.1) is 22.6 Å². The highest BCUT2D eigenvalue weighted by atomic mass is 19.3. The lowest BCUT2D eigenvalue weighted by Gasteiger charge is -2.40. The van der Waals surface area contributed by atoms with Crippen LogP contribution in [0.2, 0.25) is 0 Å². The summed E-state index contributed by atoms with van der Waals surface area (Å²) in [5.74, 6) is -2.06. The third kappa shape index (κ3) is 3.73. The van der Waals surface area contributed by atoms with Crippen LogP contribution >= 0.6 is 0 Å². The molecule has 1 aromatic heterocycles. The van der Waals surface area contributed by atoms with E-state index in [0.717, 1.165) is 43.7 Å². The summed E-state index contributed by atoms with van der Waals surface area (Å²) in [6.07, 6.45) is 3.72. The van der Waals surface area contributed by atoms with Crippen molar-refractivity contribution in [2.24, 2.45) is 0 Å². The predicted molar refractivity (Wildman–Crippen MR) is 112 cm³/mol. The minimum absolute atomic E-state index is 0.0130. The smallest absolute Gasteiger partial charge is 0.253 e. The number of amides is 1. The summed E-state index contributed by atoms with van der Waals surface area (Å²) in [7, 11) is 0. The van der Waals surface area contributed by atoms with Crippen molar-refractivity contribution >= 4 is 16.9 Å². The van der Waals surface area contributed by atoms with Crippen molar-refractivity contribution < 1.29 is 18.0 Å². The van der Waals surface area contributed by atoms with Crippen LogP contribution in [0.5, 0.6) is 0 Å². The van der Waals surface area contributed by atoms with Gasteiger partial charge in [0.15, 0.2) is 0 Å². The van der Waals surface area contributed by atoms with Gasteiger partial charge in [0.2, 0.25) is 5.92 Å². The number of benzene rings is 1. The van der Waals surface area contributed by atoms with E-state index in [1.807, 2.05) is 0 Å². The van der Waals surface area contributed by atoms with Crippen molar-refractivity contribution in [1.82, 2.24) is 19.8 Å². The van der Waals surface area contributed by atoms with Gasteiger partial charge in [-0.25, -0.2) is 18.2 Å². The summed E-state index contributed by atoms with van der Waals surface area (Å²) in [4.78, 5) is 19.8. The van der Waals surface area contributed by atoms with Gasteiger partial charge in [-0.05, 0) is 51.3 Å². The third-order valence-electron chi connectivity index (χ3n) is 7.45. The van der Waals surface area contributed by atoms with Crippen molar-refractivity contribution in [1.29, 1.82) is 0 Å². The highest BCUT2D eigenvalue weighted by Gasteiger charge is 2.38. The zero-order chi connectivity index (χ0) is 21.8. The first kappa shape index (κ1) is 20.8. The molecule has 8 heteroatoms. The number of hydrogen-bond donors (Lipinski definition) is 1. The van der Waals surface area contributed by atoms with Crippen LogP contribution < -0.4 is 5.32 Å². The number of alkyl halides is 2. The van der Waals surface area contributed by atoms with E-state index in [-0.39, 0.29) is 36.8 Å². The van der Waals surface area contributed by atoms with Crippen LogP contribution in [0, 0.1) is 5.82 Å². The maximum absolute atomic E-state index is 14.2. The quantitative estimate of drug-likeness (QED) is 0.767. The molecule has 2 aliphatic heterocycles. The fourth-order valence-corrected chi connectivity index (χ4v) is 5.68. The van der Waals surface area contributed by atoms with Crippen molar-refractivity contribution in [3.63, 3.8) is 0 Å². The zero-order valence-electron chi connectivity index (χ0n) is 17.8. The molecule has 2 fully saturated rings. The lowest BCUT2D eigenvalue weighted by Crippen LogP contribution is -2.44. The normalized spacial score (nSPS) is 25.5. The van der Waals surface area contributed by atoms with E-state index in [9.17, 15) is 18.0 Å². The van der Waals surface area contributed by atoms with Crippen LogP contribution in [-0.2, 0) is 0 Å². The van der Waals surface area contributed by atoms with Crippen molar-refractivity contribution in [2.75, 3.05) is 19.6 Å². The molecule has 1 aliphatic carbocycles. The largest absolute Gasteiger partial charge is 0.350 e. The van der Waals surface area contributed by atoms with Crippen LogP contribution in [0.25, 0.3) is 11.0 Å². The van der Waals surface area contributed by atoms with Crippen molar-refractivity contribution in [3.05, 3.63) is 29.3 Å². The first-order chi connectivity index (χ1) is 14.9. The molecule has 5 nitrogen and oxygen atoms in total. The molecule has 3 heterocycles. The van der Waals surface area contributed by atoms with Crippen LogP contribution in [0.4, 0.5) is 13.2 Å². The average molecular weight is 435 g/mol. The van der Waals surface area contributed by atoms with Gasteiger partial charge in [-0.15, -0.1) is 0 Å². The second-order valence-corrected chi connectivity index (χ2v) is 9.33. The number of likely N-dealkylation sites (tertiary alicyclic amines) is 1. The number of rotatable bonds is 3. The summed E-state index contributed by atoms with van der Waals surface area (Å²) >= 11 is 0. The zero-order valence-corrected chi connectivity index (χ0v) is 17.8. The highest BCUT2D eigenvalue weighted by Crippen LogP contribution is 2.39. The summed E-state index contributed by atoms with van der Waals surface area (Å²) < 4.78 is 43.4. The third-order valence-corrected chi connectivity index (χ3v) is 7.45. The van der Waals surface area contributed by atoms with Gasteiger partial charge in [0.1, 0.15) is 11.6 Å². The first-order valence-corrected chi connectivity index (χ1v) is 11.5. The standard InChI is InChI=1S/C23H29F3N4O/c1-2-16-13-27-22(31)18-11-15(24)12-19-20(18)30(16)21(28-19)14-5-9-29(10-6-14)17-3-7-23(25,26)8-4-17/h11-12,14,16-17H,2-10,13H2,1H3,(H,27,31)/t16-/m0/s1. The number of imidazole rings is 1. The maximum atomic E-state index is 14.2. The number of hydrogen-bond acceptors (Lipinski definition) is 3. The molecular formula is C23H29F3N4O. The number of nitrogens with zero attached hydrogens (tertiary/aromatic N) is 3. The highest BCUT2D eigenvalue weighted by molar-refractivity contribution is 6.05. The lowest BCUT2D eigenvalue weighted by molar-refractivity contribution is -0.0559. The molecule has 0 unspecified atom stereocenters. The molecule has 3 aliphatic rings. The fraction of sp³-hybridized carbons (Fsp3) is 0.652. The molecule has 1 N–H and O–H groups in total. The Labute approximate surface area is 180 Å². The first-order valence-electron chi connectivity index (χ1n) is 11.5. The van der Waals surface area contributed by atoms with E-state index in [4.69, 9.17) is 4.98 Å². The molecule has 0 radical (unpaired) electrons. The molecule has 2 aromatic rings. The van der Waals surface area contributed by atoms with Crippen LogP contribution in [0.1, 0.15) is 80.0 Å². The van der Waals surface area contributed by atoms with E-state index in [1.54, 1.807) is 0 Å². The van der Waals surface area contributed by atoms with Gasteiger partial charge in [0, 0.05) is 37.4 Å². The minimum atomic E-state index is -2.50. The molecular weight excluding hydrogens is 405 g/mol. The Kier molecular flexibility index (Phi) is 5.23. The van der Waals surface area contributed by atoms with Crippen LogP contribution in [-0.4, -0.2) is 52.0 Å². The Hall–Kier alpha value is -2.09. The van der Waals surface area contributed by atoms with E-state index in [1.165, 1.54) is 12.1 Å². The molecule has 1 saturated carbocycles. The Bertz CT molecular complexity index is 986. The molecule has 5 rings (SSSR count). The number of nitrogens with one attached hydrogen (secondary N) is 1. The Morgan fingerprint density at radius 2 is 1.87 bits per heavy atom. The number of halogens is 3.